The van der Waals surface area contributed by atoms with Gasteiger partial charge in [-0.15, -0.1) is 6.42 Å². The van der Waals surface area contributed by atoms with Gasteiger partial charge in [-0.3, -0.25) is 4.79 Å². The highest BCUT2D eigenvalue weighted by Crippen LogP contribution is 2.04. The Balaban J connectivity index is 2.71. The zero-order valence-electron chi connectivity index (χ0n) is 9.35. The average Bonchev–Trinajstić information content (AvgIpc) is 2.35. The molecule has 0 radical (unpaired) electrons. The van der Waals surface area contributed by atoms with E-state index in [4.69, 9.17) is 11.2 Å². The number of amides is 1. The highest BCUT2D eigenvalue weighted by Gasteiger charge is 2.13. The summed E-state index contributed by atoms with van der Waals surface area (Å²) in [6.07, 6.45) is 5.23. The molecule has 84 valence electrons. The molecule has 0 heterocycles. The van der Waals surface area contributed by atoms with Gasteiger partial charge < -0.3 is 9.64 Å². The molecule has 0 atom stereocenters. The molecule has 1 rings (SSSR count). The van der Waals surface area contributed by atoms with Crippen LogP contribution in [0.25, 0.3) is 0 Å². The van der Waals surface area contributed by atoms with E-state index in [1.54, 1.807) is 24.1 Å². The summed E-state index contributed by atoms with van der Waals surface area (Å²) in [5.41, 5.74) is 0.647. The summed E-state index contributed by atoms with van der Waals surface area (Å²) >= 11 is 0. The molecular formula is C13H15NO2. The number of nitrogens with zero attached hydrogens (tertiary/aromatic N) is 1. The lowest BCUT2D eigenvalue weighted by Gasteiger charge is -2.19. The number of hydrogen-bond acceptors (Lipinski definition) is 2. The number of carbonyl (C=O) groups is 1. The van der Waals surface area contributed by atoms with Gasteiger partial charge in [0, 0.05) is 19.2 Å². The Bertz CT molecular complexity index is 367. The maximum absolute atomic E-state index is 12.0. The van der Waals surface area contributed by atoms with Crippen molar-refractivity contribution < 1.29 is 9.53 Å². The van der Waals surface area contributed by atoms with Crippen molar-refractivity contribution in [3.8, 4) is 12.3 Å². The van der Waals surface area contributed by atoms with Gasteiger partial charge in [0.25, 0.3) is 5.91 Å². The number of benzene rings is 1. The summed E-state index contributed by atoms with van der Waals surface area (Å²) in [6.45, 7) is 1.30. The first-order valence-corrected chi connectivity index (χ1v) is 5.06. The maximum atomic E-state index is 12.0. The molecule has 0 aliphatic carbocycles. The molecule has 0 bridgehead atoms. The molecule has 0 aliphatic heterocycles. The quantitative estimate of drug-likeness (QED) is 0.698. The van der Waals surface area contributed by atoms with Crippen molar-refractivity contribution in [3.05, 3.63) is 35.9 Å². The van der Waals surface area contributed by atoms with Crippen LogP contribution < -0.4 is 0 Å². The van der Waals surface area contributed by atoms with Crippen molar-refractivity contribution in [3.63, 3.8) is 0 Å². The van der Waals surface area contributed by atoms with Crippen molar-refractivity contribution >= 4 is 5.91 Å². The third-order valence-electron chi connectivity index (χ3n) is 2.16. The first-order valence-electron chi connectivity index (χ1n) is 5.06. The fraction of sp³-hybridized carbons (Fsp3) is 0.308. The third-order valence-corrected chi connectivity index (χ3v) is 2.16. The number of carbonyl (C=O) groups excluding carboxylic acids is 1. The van der Waals surface area contributed by atoms with Crippen LogP contribution >= 0.6 is 0 Å². The molecule has 3 nitrogen and oxygen atoms in total. The van der Waals surface area contributed by atoms with Crippen LogP contribution in [0.15, 0.2) is 30.3 Å². The van der Waals surface area contributed by atoms with E-state index in [2.05, 4.69) is 5.92 Å². The molecule has 3 heteroatoms. The lowest BCUT2D eigenvalue weighted by molar-refractivity contribution is 0.0721. The lowest BCUT2D eigenvalue weighted by Crippen LogP contribution is -2.34. The first kappa shape index (κ1) is 12.3. The summed E-state index contributed by atoms with van der Waals surface area (Å²) < 4.78 is 4.94. The van der Waals surface area contributed by atoms with Crippen LogP contribution in [0.1, 0.15) is 10.4 Å². The highest BCUT2D eigenvalue weighted by molar-refractivity contribution is 5.94. The zero-order chi connectivity index (χ0) is 11.8. The number of terminal acetylenes is 1. The normalized spacial score (nSPS) is 9.50. The summed E-state index contributed by atoms with van der Waals surface area (Å²) in [5.74, 6) is 2.42. The van der Waals surface area contributed by atoms with Crippen molar-refractivity contribution in [2.24, 2.45) is 0 Å². The molecule has 0 saturated heterocycles. The Labute approximate surface area is 96.0 Å². The minimum atomic E-state index is -0.0596. The molecule has 1 aromatic carbocycles. The van der Waals surface area contributed by atoms with Gasteiger partial charge in [-0.05, 0) is 12.1 Å². The Morgan fingerprint density at radius 1 is 1.44 bits per heavy atom. The summed E-state index contributed by atoms with van der Waals surface area (Å²) in [5, 5.41) is 0. The van der Waals surface area contributed by atoms with E-state index in [1.165, 1.54) is 0 Å². The smallest absolute Gasteiger partial charge is 0.254 e. The van der Waals surface area contributed by atoms with Crippen LogP contribution in [-0.4, -0.2) is 37.6 Å². The van der Waals surface area contributed by atoms with E-state index >= 15 is 0 Å². The van der Waals surface area contributed by atoms with E-state index < -0.39 is 0 Å². The van der Waals surface area contributed by atoms with Crippen LogP contribution in [0.4, 0.5) is 0 Å². The van der Waals surface area contributed by atoms with Crippen LogP contribution in [0.5, 0.6) is 0 Å². The standard InChI is InChI=1S/C13H15NO2/c1-3-9-14(10-11-16-2)13(15)12-7-5-4-6-8-12/h1,4-8H,9-11H2,2H3. The predicted octanol–water partition coefficient (Wildman–Crippen LogP) is 1.41. The zero-order valence-corrected chi connectivity index (χ0v) is 9.35. The minimum absolute atomic E-state index is 0.0596. The molecular weight excluding hydrogens is 202 g/mol. The Morgan fingerprint density at radius 3 is 2.69 bits per heavy atom. The van der Waals surface area contributed by atoms with E-state index in [-0.39, 0.29) is 5.91 Å². The van der Waals surface area contributed by atoms with E-state index in [0.29, 0.717) is 25.3 Å². The largest absolute Gasteiger partial charge is 0.383 e. The van der Waals surface area contributed by atoms with Crippen molar-refractivity contribution in [1.82, 2.24) is 4.90 Å². The Hall–Kier alpha value is -1.79. The fourth-order valence-corrected chi connectivity index (χ4v) is 1.33. The van der Waals surface area contributed by atoms with E-state index in [1.807, 2.05) is 18.2 Å². The van der Waals surface area contributed by atoms with Crippen molar-refractivity contribution in [2.45, 2.75) is 0 Å². The van der Waals surface area contributed by atoms with Crippen LogP contribution in [0.2, 0.25) is 0 Å². The number of ether oxygens (including phenoxy) is 1. The molecule has 0 aliphatic rings. The molecule has 1 amide bonds. The molecule has 0 spiro atoms. The Morgan fingerprint density at radius 2 is 2.12 bits per heavy atom. The van der Waals surface area contributed by atoms with Gasteiger partial charge >= 0.3 is 0 Å². The van der Waals surface area contributed by atoms with Crippen LogP contribution in [0.3, 0.4) is 0 Å². The molecule has 0 unspecified atom stereocenters. The van der Waals surface area contributed by atoms with Gasteiger partial charge in [0.15, 0.2) is 0 Å². The summed E-state index contributed by atoms with van der Waals surface area (Å²) in [7, 11) is 1.60. The highest BCUT2D eigenvalue weighted by atomic mass is 16.5. The first-order chi connectivity index (χ1) is 7.79. The summed E-state index contributed by atoms with van der Waals surface area (Å²) in [4.78, 5) is 13.6. The number of rotatable bonds is 5. The van der Waals surface area contributed by atoms with Gasteiger partial charge in [0.05, 0.1) is 13.2 Å². The van der Waals surface area contributed by atoms with Gasteiger partial charge in [0.1, 0.15) is 0 Å². The van der Waals surface area contributed by atoms with E-state index in [0.717, 1.165) is 0 Å². The summed E-state index contributed by atoms with van der Waals surface area (Å²) in [6, 6.07) is 9.09. The van der Waals surface area contributed by atoms with Gasteiger partial charge in [0.2, 0.25) is 0 Å². The second kappa shape index (κ2) is 6.65. The molecule has 0 aromatic heterocycles. The molecule has 0 saturated carbocycles. The number of methoxy groups -OCH3 is 1. The van der Waals surface area contributed by atoms with Crippen molar-refractivity contribution in [2.75, 3.05) is 26.8 Å². The topological polar surface area (TPSA) is 29.5 Å². The molecule has 16 heavy (non-hydrogen) atoms. The molecule has 1 aromatic rings. The SMILES string of the molecule is C#CCN(CCOC)C(=O)c1ccccc1. The van der Waals surface area contributed by atoms with E-state index in [9.17, 15) is 4.79 Å². The second-order valence-electron chi connectivity index (χ2n) is 3.29. The fourth-order valence-electron chi connectivity index (χ4n) is 1.33. The number of hydrogen-bond donors (Lipinski definition) is 0. The third kappa shape index (κ3) is 3.41. The maximum Gasteiger partial charge on any atom is 0.254 e. The average molecular weight is 217 g/mol. The second-order valence-corrected chi connectivity index (χ2v) is 3.29. The Kier molecular flexibility index (Phi) is 5.10. The predicted molar refractivity (Wildman–Crippen MR) is 63.1 cm³/mol. The monoisotopic (exact) mass is 217 g/mol. The van der Waals surface area contributed by atoms with Gasteiger partial charge in [-0.2, -0.15) is 0 Å². The lowest BCUT2D eigenvalue weighted by atomic mass is 10.2. The minimum Gasteiger partial charge on any atom is -0.383 e. The van der Waals surface area contributed by atoms with Gasteiger partial charge in [-0.1, -0.05) is 24.1 Å². The molecule has 0 N–H and O–H groups in total. The molecule has 0 fully saturated rings. The van der Waals surface area contributed by atoms with Crippen LogP contribution in [0, 0.1) is 12.3 Å². The van der Waals surface area contributed by atoms with Crippen molar-refractivity contribution in [1.29, 1.82) is 0 Å². The van der Waals surface area contributed by atoms with Crippen LogP contribution in [-0.2, 0) is 4.74 Å². The van der Waals surface area contributed by atoms with Gasteiger partial charge in [-0.25, -0.2) is 0 Å².